The van der Waals surface area contributed by atoms with Crippen molar-refractivity contribution in [2.45, 2.75) is 39.3 Å². The van der Waals surface area contributed by atoms with E-state index in [0.29, 0.717) is 18.5 Å². The maximum atomic E-state index is 13.5. The van der Waals surface area contributed by atoms with E-state index in [4.69, 9.17) is 4.74 Å². The van der Waals surface area contributed by atoms with Crippen molar-refractivity contribution in [3.63, 3.8) is 0 Å². The summed E-state index contributed by atoms with van der Waals surface area (Å²) in [6.07, 6.45) is 3.60. The maximum Gasteiger partial charge on any atom is 0.141 e. The van der Waals surface area contributed by atoms with Gasteiger partial charge in [0.25, 0.3) is 0 Å². The van der Waals surface area contributed by atoms with Gasteiger partial charge in [-0.1, -0.05) is 13.8 Å². The number of pyridine rings is 1. The molecule has 1 aliphatic rings. The zero-order chi connectivity index (χ0) is 15.2. The third-order valence-corrected chi connectivity index (χ3v) is 3.76. The molecular weight excluding hydrogens is 269 g/mol. The molecule has 1 aromatic heterocycles. The lowest BCUT2D eigenvalue weighted by Crippen LogP contribution is -2.32. The lowest BCUT2D eigenvalue weighted by Gasteiger charge is -2.29. The van der Waals surface area contributed by atoms with E-state index in [0.717, 1.165) is 37.6 Å². The van der Waals surface area contributed by atoms with Crippen LogP contribution in [0.5, 0.6) is 0 Å². The summed E-state index contributed by atoms with van der Waals surface area (Å²) in [5.41, 5.74) is 0.905. The molecule has 118 valence electrons. The Morgan fingerprint density at radius 2 is 2.33 bits per heavy atom. The van der Waals surface area contributed by atoms with Crippen LogP contribution in [0.15, 0.2) is 12.3 Å². The van der Waals surface area contributed by atoms with E-state index in [2.05, 4.69) is 29.0 Å². The van der Waals surface area contributed by atoms with Gasteiger partial charge in [-0.05, 0) is 24.8 Å². The second-order valence-electron chi connectivity index (χ2n) is 6.14. The van der Waals surface area contributed by atoms with Gasteiger partial charge in [0.05, 0.1) is 12.8 Å². The number of hydrogen-bond donors (Lipinski definition) is 1. The first kappa shape index (κ1) is 16.2. The van der Waals surface area contributed by atoms with E-state index in [-0.39, 0.29) is 5.82 Å². The molecule has 2 heterocycles. The quantitative estimate of drug-likeness (QED) is 0.875. The zero-order valence-corrected chi connectivity index (χ0v) is 13.2. The Hall–Kier alpha value is -1.20. The summed E-state index contributed by atoms with van der Waals surface area (Å²) in [6.45, 7) is 7.37. The standard InChI is InChI=1S/C16H26FN3O/c1-12(2)18-8-14-7-15(17)9-19-16(14)20(3)10-13-5-4-6-21-11-13/h7,9,12-13,18H,4-6,8,10-11H2,1-3H3. The van der Waals surface area contributed by atoms with Gasteiger partial charge in [-0.3, -0.25) is 0 Å². The van der Waals surface area contributed by atoms with Crippen LogP contribution in [-0.4, -0.2) is 37.8 Å². The fourth-order valence-corrected chi connectivity index (χ4v) is 2.69. The summed E-state index contributed by atoms with van der Waals surface area (Å²) in [7, 11) is 2.02. The number of aromatic nitrogens is 1. The summed E-state index contributed by atoms with van der Waals surface area (Å²) < 4.78 is 19.0. The van der Waals surface area contributed by atoms with Crippen LogP contribution < -0.4 is 10.2 Å². The Kier molecular flexibility index (Phi) is 5.94. The van der Waals surface area contributed by atoms with Crippen molar-refractivity contribution in [1.82, 2.24) is 10.3 Å². The van der Waals surface area contributed by atoms with Gasteiger partial charge >= 0.3 is 0 Å². The van der Waals surface area contributed by atoms with E-state index >= 15 is 0 Å². The van der Waals surface area contributed by atoms with E-state index in [9.17, 15) is 4.39 Å². The number of ether oxygens (including phenoxy) is 1. The fourth-order valence-electron chi connectivity index (χ4n) is 2.69. The number of rotatable bonds is 6. The highest BCUT2D eigenvalue weighted by molar-refractivity contribution is 5.46. The molecule has 1 saturated heterocycles. The number of halogens is 1. The van der Waals surface area contributed by atoms with Gasteiger partial charge in [-0.15, -0.1) is 0 Å². The molecule has 2 rings (SSSR count). The molecule has 0 radical (unpaired) electrons. The first-order chi connectivity index (χ1) is 10.1. The highest BCUT2D eigenvalue weighted by atomic mass is 19.1. The van der Waals surface area contributed by atoms with Crippen molar-refractivity contribution in [2.75, 3.05) is 31.7 Å². The van der Waals surface area contributed by atoms with Crippen LogP contribution in [0.3, 0.4) is 0 Å². The van der Waals surface area contributed by atoms with Crippen LogP contribution in [0.1, 0.15) is 32.3 Å². The molecule has 0 bridgehead atoms. The normalized spacial score (nSPS) is 19.0. The second-order valence-corrected chi connectivity index (χ2v) is 6.14. The molecule has 0 saturated carbocycles. The van der Waals surface area contributed by atoms with Crippen LogP contribution in [-0.2, 0) is 11.3 Å². The number of anilines is 1. The molecule has 1 atom stereocenters. The van der Waals surface area contributed by atoms with E-state index in [1.54, 1.807) is 6.07 Å². The predicted octanol–water partition coefficient (Wildman–Crippen LogP) is 2.58. The average Bonchev–Trinajstić information content (AvgIpc) is 2.46. The van der Waals surface area contributed by atoms with Gasteiger partial charge in [-0.25, -0.2) is 9.37 Å². The van der Waals surface area contributed by atoms with Crippen LogP contribution >= 0.6 is 0 Å². The Morgan fingerprint density at radius 1 is 1.52 bits per heavy atom. The van der Waals surface area contributed by atoms with Crippen molar-refractivity contribution in [3.8, 4) is 0 Å². The minimum atomic E-state index is -0.284. The molecule has 1 aliphatic heterocycles. The number of nitrogens with zero attached hydrogens (tertiary/aromatic N) is 2. The zero-order valence-electron chi connectivity index (χ0n) is 13.2. The number of hydrogen-bond acceptors (Lipinski definition) is 4. The van der Waals surface area contributed by atoms with Crippen LogP contribution in [0.2, 0.25) is 0 Å². The Bertz CT molecular complexity index is 447. The third-order valence-electron chi connectivity index (χ3n) is 3.76. The monoisotopic (exact) mass is 295 g/mol. The van der Waals surface area contributed by atoms with Crippen molar-refractivity contribution < 1.29 is 9.13 Å². The van der Waals surface area contributed by atoms with Gasteiger partial charge in [0.2, 0.25) is 0 Å². The summed E-state index contributed by atoms with van der Waals surface area (Å²) >= 11 is 0. The van der Waals surface area contributed by atoms with Crippen molar-refractivity contribution in [3.05, 3.63) is 23.6 Å². The summed E-state index contributed by atoms with van der Waals surface area (Å²) in [4.78, 5) is 6.41. The highest BCUT2D eigenvalue weighted by Crippen LogP contribution is 2.21. The lowest BCUT2D eigenvalue weighted by atomic mass is 10.0. The predicted molar refractivity (Wildman–Crippen MR) is 83.0 cm³/mol. The van der Waals surface area contributed by atoms with Gasteiger partial charge in [0.1, 0.15) is 11.6 Å². The molecule has 4 nitrogen and oxygen atoms in total. The topological polar surface area (TPSA) is 37.4 Å². The van der Waals surface area contributed by atoms with Gasteiger partial charge in [0, 0.05) is 38.3 Å². The van der Waals surface area contributed by atoms with E-state index in [1.807, 2.05) is 7.05 Å². The van der Waals surface area contributed by atoms with Crippen LogP contribution in [0.4, 0.5) is 10.2 Å². The first-order valence-electron chi connectivity index (χ1n) is 7.73. The maximum absolute atomic E-state index is 13.5. The van der Waals surface area contributed by atoms with Crippen LogP contribution in [0.25, 0.3) is 0 Å². The Labute approximate surface area is 126 Å². The van der Waals surface area contributed by atoms with E-state index in [1.165, 1.54) is 12.6 Å². The summed E-state index contributed by atoms with van der Waals surface area (Å²) in [5, 5.41) is 3.33. The SMILES string of the molecule is CC(C)NCc1cc(F)cnc1N(C)CC1CCCOC1. The Balaban J connectivity index is 2.05. The molecule has 1 fully saturated rings. The summed E-state index contributed by atoms with van der Waals surface area (Å²) in [6, 6.07) is 1.93. The van der Waals surface area contributed by atoms with Crippen molar-refractivity contribution in [1.29, 1.82) is 0 Å². The van der Waals surface area contributed by atoms with Crippen molar-refractivity contribution in [2.24, 2.45) is 5.92 Å². The van der Waals surface area contributed by atoms with Gasteiger partial charge in [-0.2, -0.15) is 0 Å². The second kappa shape index (κ2) is 7.71. The lowest BCUT2D eigenvalue weighted by molar-refractivity contribution is 0.0576. The Morgan fingerprint density at radius 3 is 3.00 bits per heavy atom. The molecule has 21 heavy (non-hydrogen) atoms. The van der Waals surface area contributed by atoms with E-state index < -0.39 is 0 Å². The molecule has 0 amide bonds. The molecular formula is C16H26FN3O. The highest BCUT2D eigenvalue weighted by Gasteiger charge is 2.18. The molecule has 1 N–H and O–H groups in total. The van der Waals surface area contributed by atoms with Gasteiger partial charge < -0.3 is 15.0 Å². The smallest absolute Gasteiger partial charge is 0.141 e. The van der Waals surface area contributed by atoms with Gasteiger partial charge in [0.15, 0.2) is 0 Å². The van der Waals surface area contributed by atoms with Crippen molar-refractivity contribution >= 4 is 5.82 Å². The molecule has 1 aromatic rings. The molecule has 0 aliphatic carbocycles. The minimum absolute atomic E-state index is 0.284. The van der Waals surface area contributed by atoms with Crippen LogP contribution in [0, 0.1) is 11.7 Å². The average molecular weight is 295 g/mol. The third kappa shape index (κ3) is 4.93. The molecule has 1 unspecified atom stereocenters. The largest absolute Gasteiger partial charge is 0.381 e. The minimum Gasteiger partial charge on any atom is -0.381 e. The molecule has 0 aromatic carbocycles. The molecule has 5 heteroatoms. The first-order valence-corrected chi connectivity index (χ1v) is 7.73. The fraction of sp³-hybridized carbons (Fsp3) is 0.688. The number of nitrogens with one attached hydrogen (secondary N) is 1. The summed E-state index contributed by atoms with van der Waals surface area (Å²) in [5.74, 6) is 1.10. The molecule has 0 spiro atoms.